The highest BCUT2D eigenvalue weighted by Gasteiger charge is 2.67. The normalized spacial score (nSPS) is 22.6. The van der Waals surface area contributed by atoms with Gasteiger partial charge < -0.3 is 0 Å². The number of rotatable bonds is 0. The van der Waals surface area contributed by atoms with Gasteiger partial charge in [-0.2, -0.15) is 21.0 Å². The fraction of sp³-hybridized carbons (Fsp3) is 0.167. The van der Waals surface area contributed by atoms with Crippen molar-refractivity contribution in [1.29, 1.82) is 21.0 Å². The summed E-state index contributed by atoms with van der Waals surface area (Å²) in [5, 5.41) is 44.0. The summed E-state index contributed by atoms with van der Waals surface area (Å²) >= 11 is 0. The Balaban J connectivity index is 1.89. The fourth-order valence-electron chi connectivity index (χ4n) is 4.92. The van der Waals surface area contributed by atoms with E-state index in [-0.39, 0.29) is 0 Å². The maximum Gasteiger partial charge on any atom is 0.186 e. The first-order valence-corrected chi connectivity index (χ1v) is 8.94. The van der Waals surface area contributed by atoms with Gasteiger partial charge in [-0.05, 0) is 44.8 Å². The molecule has 3 aromatic rings. The van der Waals surface area contributed by atoms with E-state index in [1.54, 1.807) is 0 Å². The van der Waals surface area contributed by atoms with E-state index in [2.05, 4.69) is 36.4 Å². The molecule has 128 valence electrons. The second kappa shape index (κ2) is 5.20. The minimum absolute atomic E-state index is 0.613. The zero-order valence-corrected chi connectivity index (χ0v) is 14.7. The third kappa shape index (κ3) is 1.61. The van der Waals surface area contributed by atoms with Gasteiger partial charge in [0.2, 0.25) is 0 Å². The number of hydrogen-bond donors (Lipinski definition) is 0. The number of benzene rings is 3. The molecule has 0 fully saturated rings. The summed E-state index contributed by atoms with van der Waals surface area (Å²) in [6.07, 6.45) is 3.64. The van der Waals surface area contributed by atoms with Crippen LogP contribution in [0.4, 0.5) is 0 Å². The quantitative estimate of drug-likeness (QED) is 0.426. The minimum atomic E-state index is -1.73. The first-order valence-electron chi connectivity index (χ1n) is 8.94. The molecule has 4 heteroatoms. The monoisotopic (exact) mass is 356 g/mol. The lowest BCUT2D eigenvalue weighted by Gasteiger charge is -2.49. The second-order valence-corrected chi connectivity index (χ2v) is 7.43. The molecule has 2 atom stereocenters. The standard InChI is InChI=1S/C24H12N4/c25-11-23(12-26)21-5-6-22(24(23,13-27)14-28)20-10-18-8-16-4-2-1-3-15(16)7-17(18)9-19(20)21/h1-10,21-22H. The molecule has 0 aliphatic heterocycles. The molecule has 2 unspecified atom stereocenters. The molecule has 6 rings (SSSR count). The molecular weight excluding hydrogens is 344 g/mol. The van der Waals surface area contributed by atoms with Crippen molar-refractivity contribution in [2.45, 2.75) is 11.8 Å². The van der Waals surface area contributed by atoms with Gasteiger partial charge in [-0.25, -0.2) is 0 Å². The zero-order valence-electron chi connectivity index (χ0n) is 14.7. The first kappa shape index (κ1) is 16.1. The van der Waals surface area contributed by atoms with Crippen LogP contribution in [0.3, 0.4) is 0 Å². The Labute approximate surface area is 161 Å². The first-order chi connectivity index (χ1) is 13.6. The molecule has 4 nitrogen and oxygen atoms in total. The lowest BCUT2D eigenvalue weighted by molar-refractivity contribution is 0.210. The predicted octanol–water partition coefficient (Wildman–Crippen LogP) is 4.81. The van der Waals surface area contributed by atoms with Gasteiger partial charge in [0.15, 0.2) is 10.8 Å². The molecule has 0 radical (unpaired) electrons. The highest BCUT2D eigenvalue weighted by molar-refractivity contribution is 5.99. The molecule has 0 amide bonds. The van der Waals surface area contributed by atoms with Crippen LogP contribution in [0.15, 0.2) is 60.7 Å². The van der Waals surface area contributed by atoms with Gasteiger partial charge in [0.1, 0.15) is 0 Å². The van der Waals surface area contributed by atoms with E-state index in [1.165, 1.54) is 0 Å². The Morgan fingerprint density at radius 1 is 0.571 bits per heavy atom. The Morgan fingerprint density at radius 3 is 1.32 bits per heavy atom. The third-order valence-corrected chi connectivity index (χ3v) is 6.33. The summed E-state index contributed by atoms with van der Waals surface area (Å²) in [6.45, 7) is 0. The van der Waals surface area contributed by atoms with E-state index >= 15 is 0 Å². The van der Waals surface area contributed by atoms with Gasteiger partial charge in [-0.3, -0.25) is 0 Å². The topological polar surface area (TPSA) is 95.2 Å². The van der Waals surface area contributed by atoms with Gasteiger partial charge >= 0.3 is 0 Å². The molecule has 3 aliphatic rings. The van der Waals surface area contributed by atoms with E-state index in [4.69, 9.17) is 0 Å². The van der Waals surface area contributed by atoms with E-state index in [0.29, 0.717) is 0 Å². The van der Waals surface area contributed by atoms with Gasteiger partial charge in [-0.1, -0.05) is 48.6 Å². The Morgan fingerprint density at radius 2 is 0.964 bits per heavy atom. The molecule has 28 heavy (non-hydrogen) atoms. The molecule has 0 heterocycles. The lowest BCUT2D eigenvalue weighted by atomic mass is 9.45. The highest BCUT2D eigenvalue weighted by atomic mass is 14.7. The molecule has 0 saturated heterocycles. The third-order valence-electron chi connectivity index (χ3n) is 6.33. The summed E-state index contributed by atoms with van der Waals surface area (Å²) < 4.78 is 0. The molecule has 0 spiro atoms. The zero-order chi connectivity index (χ0) is 19.5. The smallest absolute Gasteiger partial charge is 0.186 e. The van der Waals surface area contributed by atoms with Crippen LogP contribution in [0, 0.1) is 56.2 Å². The van der Waals surface area contributed by atoms with Crippen molar-refractivity contribution in [3.05, 3.63) is 71.8 Å². The molecule has 0 aromatic heterocycles. The van der Waals surface area contributed by atoms with E-state index in [9.17, 15) is 21.0 Å². The molecule has 3 aromatic carbocycles. The maximum atomic E-state index is 9.93. The van der Waals surface area contributed by atoms with Gasteiger partial charge in [-0.15, -0.1) is 0 Å². The molecular formula is C24H12N4. The van der Waals surface area contributed by atoms with Crippen LogP contribution in [-0.2, 0) is 0 Å². The second-order valence-electron chi connectivity index (χ2n) is 7.43. The summed E-state index contributed by atoms with van der Waals surface area (Å²) in [7, 11) is 0. The van der Waals surface area contributed by atoms with Crippen molar-refractivity contribution in [3.8, 4) is 24.3 Å². The fourth-order valence-corrected chi connectivity index (χ4v) is 4.92. The van der Waals surface area contributed by atoms with Crippen molar-refractivity contribution >= 4 is 21.5 Å². The number of nitrogens with zero attached hydrogens (tertiary/aromatic N) is 4. The summed E-state index contributed by atoms with van der Waals surface area (Å²) in [6, 6.07) is 24.5. The van der Waals surface area contributed by atoms with Crippen LogP contribution in [0.25, 0.3) is 21.5 Å². The van der Waals surface area contributed by atoms with Crippen LogP contribution in [0.5, 0.6) is 0 Å². The maximum absolute atomic E-state index is 9.93. The van der Waals surface area contributed by atoms with Crippen molar-refractivity contribution in [2.24, 2.45) is 10.8 Å². The van der Waals surface area contributed by atoms with Crippen LogP contribution in [-0.4, -0.2) is 0 Å². The molecule has 0 saturated carbocycles. The van der Waals surface area contributed by atoms with E-state index < -0.39 is 22.7 Å². The van der Waals surface area contributed by atoms with E-state index in [0.717, 1.165) is 32.7 Å². The number of allylic oxidation sites excluding steroid dienone is 2. The predicted molar refractivity (Wildman–Crippen MR) is 103 cm³/mol. The van der Waals surface area contributed by atoms with E-state index in [1.807, 2.05) is 48.6 Å². The number of hydrogen-bond acceptors (Lipinski definition) is 4. The lowest BCUT2D eigenvalue weighted by Crippen LogP contribution is -2.51. The van der Waals surface area contributed by atoms with Crippen molar-refractivity contribution in [1.82, 2.24) is 0 Å². The van der Waals surface area contributed by atoms with Crippen LogP contribution in [0.2, 0.25) is 0 Å². The van der Waals surface area contributed by atoms with Crippen molar-refractivity contribution in [2.75, 3.05) is 0 Å². The Hall–Kier alpha value is -4.12. The van der Waals surface area contributed by atoms with Gasteiger partial charge in [0, 0.05) is 11.8 Å². The van der Waals surface area contributed by atoms with Crippen LogP contribution < -0.4 is 0 Å². The molecule has 0 N–H and O–H groups in total. The largest absolute Gasteiger partial charge is 0.196 e. The highest BCUT2D eigenvalue weighted by Crippen LogP contribution is 2.64. The number of nitriles is 4. The SMILES string of the molecule is N#CC1(C#N)C2C=CC(c3cc4cc5ccccc5cc4cc32)C1(C#N)C#N. The molecule has 3 aliphatic carbocycles. The summed E-state index contributed by atoms with van der Waals surface area (Å²) in [5.74, 6) is -1.23. The van der Waals surface area contributed by atoms with Crippen molar-refractivity contribution in [3.63, 3.8) is 0 Å². The van der Waals surface area contributed by atoms with Gasteiger partial charge in [0.05, 0.1) is 24.3 Å². The van der Waals surface area contributed by atoms with Crippen molar-refractivity contribution < 1.29 is 0 Å². The summed E-state index contributed by atoms with van der Waals surface area (Å²) in [5.41, 5.74) is -1.74. The average molecular weight is 356 g/mol. The Bertz CT molecular complexity index is 1250. The number of fused-ring (bicyclic) bond motifs is 3. The average Bonchev–Trinajstić information content (AvgIpc) is 2.75. The summed E-state index contributed by atoms with van der Waals surface area (Å²) in [4.78, 5) is 0. The minimum Gasteiger partial charge on any atom is -0.196 e. The molecule has 2 bridgehead atoms. The van der Waals surface area contributed by atoms with Gasteiger partial charge in [0.25, 0.3) is 0 Å². The Kier molecular flexibility index (Phi) is 2.99. The van der Waals surface area contributed by atoms with Crippen LogP contribution in [0.1, 0.15) is 23.0 Å². The van der Waals surface area contributed by atoms with Crippen LogP contribution >= 0.6 is 0 Å².